The van der Waals surface area contributed by atoms with E-state index in [-0.39, 0.29) is 0 Å². The largest absolute Gasteiger partial charge is 0.0842 e. The van der Waals surface area contributed by atoms with Gasteiger partial charge in [-0.15, -0.1) is 0 Å². The van der Waals surface area contributed by atoms with Gasteiger partial charge in [-0.1, -0.05) is 133 Å². The highest BCUT2D eigenvalue weighted by molar-refractivity contribution is 6.17. The van der Waals surface area contributed by atoms with Crippen LogP contribution in [0.15, 0.2) is 145 Å². The minimum atomic E-state index is 0.295. The van der Waals surface area contributed by atoms with E-state index in [2.05, 4.69) is 146 Å². The normalized spacial score (nSPS) is 18.5. The molecule has 0 radical (unpaired) electrons. The molecule has 0 heterocycles. The fourth-order valence-corrected chi connectivity index (χ4v) is 10.5. The zero-order valence-electron chi connectivity index (χ0n) is 27.3. The molecule has 0 N–H and O–H groups in total. The van der Waals surface area contributed by atoms with Crippen LogP contribution in [0.2, 0.25) is 0 Å². The van der Waals surface area contributed by atoms with Crippen LogP contribution < -0.4 is 10.4 Å². The van der Waals surface area contributed by atoms with Crippen LogP contribution in [0.5, 0.6) is 0 Å². The highest BCUT2D eigenvalue weighted by Crippen LogP contribution is 2.60. The molecule has 0 aliphatic heterocycles. The summed E-state index contributed by atoms with van der Waals surface area (Å²) in [4.78, 5) is 0. The van der Waals surface area contributed by atoms with Gasteiger partial charge in [-0.2, -0.15) is 0 Å². The van der Waals surface area contributed by atoms with E-state index < -0.39 is 0 Å². The van der Waals surface area contributed by atoms with Gasteiger partial charge in [0.05, 0.1) is 0 Å². The molecule has 0 heteroatoms. The summed E-state index contributed by atoms with van der Waals surface area (Å²) in [5.74, 6) is 0.592. The van der Waals surface area contributed by atoms with Crippen molar-refractivity contribution in [3.05, 3.63) is 178 Å². The van der Waals surface area contributed by atoms with Crippen LogP contribution in [-0.4, -0.2) is 0 Å². The van der Waals surface area contributed by atoms with E-state index in [0.717, 1.165) is 12.8 Å². The van der Waals surface area contributed by atoms with Gasteiger partial charge >= 0.3 is 0 Å². The monoisotopic (exact) mass is 620 g/mol. The molecule has 2 atom stereocenters. The quantitative estimate of drug-likeness (QED) is 0.180. The Hall–Kier alpha value is -5.72. The second-order valence-electron chi connectivity index (χ2n) is 14.6. The molecule has 0 aromatic heterocycles. The van der Waals surface area contributed by atoms with E-state index in [1.54, 1.807) is 5.57 Å². The van der Waals surface area contributed by atoms with Gasteiger partial charge in [-0.25, -0.2) is 0 Å². The summed E-state index contributed by atoms with van der Waals surface area (Å²) in [7, 11) is 0. The number of rotatable bonds is 2. The van der Waals surface area contributed by atoms with Crippen molar-refractivity contribution in [1.82, 2.24) is 0 Å². The van der Waals surface area contributed by atoms with Crippen molar-refractivity contribution in [3.63, 3.8) is 0 Å². The Kier molecular flexibility index (Phi) is 4.95. The highest BCUT2D eigenvalue weighted by Gasteiger charge is 2.45. The van der Waals surface area contributed by atoms with Crippen molar-refractivity contribution >= 4 is 32.7 Å². The lowest BCUT2D eigenvalue weighted by Crippen LogP contribution is -2.37. The number of hydrogen-bond acceptors (Lipinski definition) is 0. The van der Waals surface area contributed by atoms with Crippen LogP contribution in [0.1, 0.15) is 46.9 Å². The Bertz CT molecular complexity index is 2890. The van der Waals surface area contributed by atoms with Crippen LogP contribution in [-0.2, 0) is 0 Å². The van der Waals surface area contributed by atoms with Crippen LogP contribution in [0, 0.1) is 6.92 Å². The number of benzene rings is 7. The molecule has 228 valence electrons. The second-order valence-corrected chi connectivity index (χ2v) is 14.6. The van der Waals surface area contributed by atoms with Gasteiger partial charge in [0.1, 0.15) is 0 Å². The van der Waals surface area contributed by atoms with Crippen molar-refractivity contribution in [2.45, 2.75) is 31.6 Å². The molecule has 0 spiro atoms. The Morgan fingerprint density at radius 3 is 2.27 bits per heavy atom. The van der Waals surface area contributed by atoms with E-state index in [1.165, 1.54) is 110 Å². The Labute approximate surface area is 285 Å². The third kappa shape index (κ3) is 3.21. The van der Waals surface area contributed by atoms with Crippen LogP contribution in [0.25, 0.3) is 77.2 Å². The maximum Gasteiger partial charge on any atom is 0.0218 e. The van der Waals surface area contributed by atoms with Gasteiger partial charge in [-0.3, -0.25) is 0 Å². The summed E-state index contributed by atoms with van der Waals surface area (Å²) >= 11 is 0. The first kappa shape index (κ1) is 26.3. The predicted molar refractivity (Wildman–Crippen MR) is 205 cm³/mol. The topological polar surface area (TPSA) is 0 Å². The molecule has 0 nitrogen and oxygen atoms in total. The molecule has 2 unspecified atom stereocenters. The maximum atomic E-state index is 2.49. The van der Waals surface area contributed by atoms with Crippen molar-refractivity contribution < 1.29 is 0 Å². The van der Waals surface area contributed by atoms with Crippen LogP contribution >= 0.6 is 0 Å². The molecule has 7 aromatic carbocycles. The molecule has 12 rings (SSSR count). The van der Waals surface area contributed by atoms with Crippen LogP contribution in [0.3, 0.4) is 0 Å². The summed E-state index contributed by atoms with van der Waals surface area (Å²) in [6.07, 6.45) is 9.21. The number of hydrogen-bond donors (Lipinski definition) is 0. The van der Waals surface area contributed by atoms with Crippen molar-refractivity contribution in [2.24, 2.45) is 0 Å². The molecule has 5 aliphatic carbocycles. The lowest BCUT2D eigenvalue weighted by molar-refractivity contribution is 0.782. The average Bonchev–Trinajstić information content (AvgIpc) is 3.79. The first-order chi connectivity index (χ1) is 24.3. The molecule has 7 aromatic rings. The number of allylic oxidation sites excluding steroid dienone is 4. The average molecular weight is 621 g/mol. The predicted octanol–water partition coefficient (Wildman–Crippen LogP) is 11.1. The minimum Gasteiger partial charge on any atom is -0.0842 e. The first-order valence-electron chi connectivity index (χ1n) is 17.8. The standard InChI is InChI=1S/C49H32/c1-27-20-21-29-12-7-15-36-41-26-30(22-23-37(41)42(27)43(29)36)31-24-25-40-45-33(31)16-8-19-39(45)48-44(28-10-3-2-4-11-28)38-18-9-17-34-32-13-5-6-14-35(32)47(46(34)38)49(40)48/h2-3,5-10,12-26,48-49H,4,11H2,1H3. The molecule has 0 bridgehead atoms. The second kappa shape index (κ2) is 9.24. The van der Waals surface area contributed by atoms with E-state index in [1.807, 2.05) is 0 Å². The van der Waals surface area contributed by atoms with Gasteiger partial charge in [0, 0.05) is 11.8 Å². The Morgan fingerprint density at radius 1 is 0.551 bits per heavy atom. The SMILES string of the molecule is Cc1ccc2cccc3c2c1-c1ccc(-c2ccc4c5c(cccc25)C2C(C5=CC=CCC5)=c5cccc6c5=C(c5ccccc5-6)C42)cc1-3. The first-order valence-corrected chi connectivity index (χ1v) is 17.8. The third-order valence-corrected chi connectivity index (χ3v) is 12.4. The lowest BCUT2D eigenvalue weighted by Gasteiger charge is -2.32. The Balaban J connectivity index is 1.13. The van der Waals surface area contributed by atoms with Crippen molar-refractivity contribution in [3.8, 4) is 44.5 Å². The zero-order chi connectivity index (χ0) is 32.0. The Morgan fingerprint density at radius 2 is 1.35 bits per heavy atom. The van der Waals surface area contributed by atoms with E-state index in [4.69, 9.17) is 0 Å². The summed E-state index contributed by atoms with van der Waals surface area (Å²) < 4.78 is 0. The van der Waals surface area contributed by atoms with E-state index in [9.17, 15) is 0 Å². The zero-order valence-corrected chi connectivity index (χ0v) is 27.3. The summed E-state index contributed by atoms with van der Waals surface area (Å²) in [5.41, 5.74) is 21.3. The third-order valence-electron chi connectivity index (χ3n) is 12.4. The summed E-state index contributed by atoms with van der Waals surface area (Å²) in [5, 5.41) is 8.49. The van der Waals surface area contributed by atoms with E-state index >= 15 is 0 Å². The number of fused-ring (bicyclic) bond motifs is 10. The fourth-order valence-electron chi connectivity index (χ4n) is 10.5. The fraction of sp³-hybridized carbons (Fsp3) is 0.102. The van der Waals surface area contributed by atoms with Gasteiger partial charge in [0.15, 0.2) is 0 Å². The summed E-state index contributed by atoms with van der Waals surface area (Å²) in [6, 6.07) is 46.9. The molecule has 0 fully saturated rings. The van der Waals surface area contributed by atoms with Gasteiger partial charge in [0.2, 0.25) is 0 Å². The van der Waals surface area contributed by atoms with Gasteiger partial charge < -0.3 is 0 Å². The number of aryl methyl sites for hydroxylation is 1. The van der Waals surface area contributed by atoms with Crippen molar-refractivity contribution in [2.75, 3.05) is 0 Å². The van der Waals surface area contributed by atoms with Gasteiger partial charge in [0.25, 0.3) is 0 Å². The minimum absolute atomic E-state index is 0.295. The molecular formula is C49H32. The van der Waals surface area contributed by atoms with E-state index in [0.29, 0.717) is 11.8 Å². The molecule has 0 saturated heterocycles. The molecule has 5 aliphatic rings. The summed E-state index contributed by atoms with van der Waals surface area (Å²) in [6.45, 7) is 2.25. The maximum absolute atomic E-state index is 2.49. The van der Waals surface area contributed by atoms with Crippen LogP contribution in [0.4, 0.5) is 0 Å². The van der Waals surface area contributed by atoms with Gasteiger partial charge in [-0.05, 0) is 141 Å². The molecular weight excluding hydrogens is 589 g/mol. The molecule has 0 saturated carbocycles. The van der Waals surface area contributed by atoms with Crippen molar-refractivity contribution in [1.29, 1.82) is 0 Å². The molecule has 0 amide bonds. The smallest absolute Gasteiger partial charge is 0.0218 e. The highest BCUT2D eigenvalue weighted by atomic mass is 14.5. The molecule has 49 heavy (non-hydrogen) atoms. The lowest BCUT2D eigenvalue weighted by atomic mass is 9.70.